The number of fused-ring (bicyclic) bond motifs is 1. The van der Waals surface area contributed by atoms with E-state index in [9.17, 15) is 17.6 Å². The van der Waals surface area contributed by atoms with Gasteiger partial charge in [0.05, 0.1) is 11.6 Å². The molecule has 0 N–H and O–H groups in total. The molecule has 0 unspecified atom stereocenters. The van der Waals surface area contributed by atoms with Gasteiger partial charge in [-0.2, -0.15) is 18.9 Å². The third-order valence-electron chi connectivity index (χ3n) is 5.64. The zero-order valence-corrected chi connectivity index (χ0v) is 20.3. The van der Waals surface area contributed by atoms with Gasteiger partial charge in [-0.1, -0.05) is 11.6 Å². The molecule has 0 atom stereocenters. The number of carbonyl (C=O) groups excluding carboxylic acids is 1. The molecule has 0 radical (unpaired) electrons. The first kappa shape index (κ1) is 24.3. The lowest BCUT2D eigenvalue weighted by Gasteiger charge is -2.36. The van der Waals surface area contributed by atoms with Gasteiger partial charge in [0.25, 0.3) is 5.78 Å². The number of aromatic nitrogens is 4. The van der Waals surface area contributed by atoms with Crippen molar-refractivity contribution in [3.63, 3.8) is 0 Å². The maximum Gasteiger partial charge on any atom is 0.306 e. The van der Waals surface area contributed by atoms with Crippen molar-refractivity contribution in [1.29, 1.82) is 0 Å². The van der Waals surface area contributed by atoms with Gasteiger partial charge in [0, 0.05) is 43.9 Å². The van der Waals surface area contributed by atoms with E-state index in [1.807, 2.05) is 11.8 Å². The molecule has 4 rings (SSSR count). The highest BCUT2D eigenvalue weighted by Gasteiger charge is 2.32. The second-order valence-corrected chi connectivity index (χ2v) is 10.1. The molecule has 0 spiro atoms. The Labute approximate surface area is 201 Å². The molecule has 2 aromatic heterocycles. The fraction of sp³-hybridized carbons (Fsp3) is 0.429. The summed E-state index contributed by atoms with van der Waals surface area (Å²) in [6.07, 6.45) is 1.98. The van der Waals surface area contributed by atoms with Crippen LogP contribution in [0.3, 0.4) is 0 Å². The lowest BCUT2D eigenvalue weighted by molar-refractivity contribution is -0.143. The number of benzene rings is 1. The Bertz CT molecular complexity index is 1320. The molecule has 0 aliphatic carbocycles. The molecule has 1 aliphatic rings. The Morgan fingerprint density at radius 1 is 1.24 bits per heavy atom. The Hall–Kier alpha value is -2.83. The minimum atomic E-state index is -3.89. The highest BCUT2D eigenvalue weighted by Crippen LogP contribution is 2.29. The fourth-order valence-corrected chi connectivity index (χ4v) is 5.94. The average molecular weight is 511 g/mol. The largest absolute Gasteiger partial charge is 0.466 e. The Morgan fingerprint density at radius 2 is 1.97 bits per heavy atom. The monoisotopic (exact) mass is 510 g/mol. The maximum atomic E-state index is 13.4. The van der Waals surface area contributed by atoms with E-state index in [1.54, 1.807) is 11.4 Å². The van der Waals surface area contributed by atoms with Gasteiger partial charge in [0.2, 0.25) is 10.0 Å². The number of piperazine rings is 1. The smallest absolute Gasteiger partial charge is 0.306 e. The lowest BCUT2D eigenvalue weighted by atomic mass is 10.1. The van der Waals surface area contributed by atoms with Crippen molar-refractivity contribution < 1.29 is 22.3 Å². The number of anilines is 1. The van der Waals surface area contributed by atoms with E-state index in [2.05, 4.69) is 15.1 Å². The van der Waals surface area contributed by atoms with Crippen LogP contribution in [0.15, 0.2) is 29.4 Å². The highest BCUT2D eigenvalue weighted by atomic mass is 35.5. The van der Waals surface area contributed by atoms with Crippen LogP contribution < -0.4 is 4.90 Å². The number of esters is 1. The Balaban J connectivity index is 1.60. The molecule has 0 saturated carbocycles. The van der Waals surface area contributed by atoms with Crippen LogP contribution in [0.4, 0.5) is 10.2 Å². The zero-order valence-electron chi connectivity index (χ0n) is 18.7. The SMILES string of the molecule is CCOC(=O)CCc1c(C)nc2ncnn2c1N1CCN(S(=O)(=O)c2ccc(F)cc2Cl)CC1. The molecule has 1 fully saturated rings. The minimum absolute atomic E-state index is 0.127. The van der Waals surface area contributed by atoms with Gasteiger partial charge < -0.3 is 9.64 Å². The summed E-state index contributed by atoms with van der Waals surface area (Å²) in [6, 6.07) is 3.24. The summed E-state index contributed by atoms with van der Waals surface area (Å²) in [5, 5.41) is 4.14. The van der Waals surface area contributed by atoms with Crippen molar-refractivity contribution in [1.82, 2.24) is 23.9 Å². The molecule has 13 heteroatoms. The first-order valence-corrected chi connectivity index (χ1v) is 12.6. The van der Waals surface area contributed by atoms with Crippen LogP contribution in [0.5, 0.6) is 0 Å². The van der Waals surface area contributed by atoms with Gasteiger partial charge in [0.15, 0.2) is 0 Å². The number of rotatable bonds is 7. The molecule has 0 amide bonds. The number of hydrogen-bond donors (Lipinski definition) is 0. The number of nitrogens with zero attached hydrogens (tertiary/aromatic N) is 6. The number of ether oxygens (including phenoxy) is 1. The van der Waals surface area contributed by atoms with Crippen molar-refractivity contribution >= 4 is 39.2 Å². The van der Waals surface area contributed by atoms with Crippen LogP contribution in [0.2, 0.25) is 5.02 Å². The van der Waals surface area contributed by atoms with Crippen LogP contribution >= 0.6 is 11.6 Å². The molecule has 34 heavy (non-hydrogen) atoms. The second kappa shape index (κ2) is 9.80. The summed E-state index contributed by atoms with van der Waals surface area (Å²) in [5.41, 5.74) is 1.54. The lowest BCUT2D eigenvalue weighted by Crippen LogP contribution is -2.49. The summed E-state index contributed by atoms with van der Waals surface area (Å²) in [4.78, 5) is 22.5. The van der Waals surface area contributed by atoms with E-state index in [-0.39, 0.29) is 35.4 Å². The van der Waals surface area contributed by atoms with Gasteiger partial charge in [0.1, 0.15) is 22.9 Å². The number of aryl methyl sites for hydroxylation is 1. The van der Waals surface area contributed by atoms with Crippen LogP contribution in [0.1, 0.15) is 24.6 Å². The molecule has 3 aromatic rings. The molecule has 0 bridgehead atoms. The van der Waals surface area contributed by atoms with Crippen molar-refractivity contribution in [2.24, 2.45) is 0 Å². The zero-order chi connectivity index (χ0) is 24.5. The molecule has 1 aromatic carbocycles. The van der Waals surface area contributed by atoms with E-state index < -0.39 is 15.8 Å². The van der Waals surface area contributed by atoms with E-state index in [0.29, 0.717) is 37.6 Å². The summed E-state index contributed by atoms with van der Waals surface area (Å²) in [6.45, 7) is 5.00. The van der Waals surface area contributed by atoms with Gasteiger partial charge in [-0.15, -0.1) is 0 Å². The maximum absolute atomic E-state index is 13.4. The first-order chi connectivity index (χ1) is 16.2. The van der Waals surface area contributed by atoms with Gasteiger partial charge in [-0.25, -0.2) is 17.8 Å². The van der Waals surface area contributed by atoms with Crippen molar-refractivity contribution in [3.05, 3.63) is 46.6 Å². The van der Waals surface area contributed by atoms with Crippen LogP contribution in [0, 0.1) is 12.7 Å². The predicted molar refractivity (Wildman–Crippen MR) is 123 cm³/mol. The molecule has 3 heterocycles. The quantitative estimate of drug-likeness (QED) is 0.445. The third kappa shape index (κ3) is 4.70. The summed E-state index contributed by atoms with van der Waals surface area (Å²) >= 11 is 6.01. The van der Waals surface area contributed by atoms with E-state index in [0.717, 1.165) is 23.5 Å². The molecule has 10 nitrogen and oxygen atoms in total. The number of halogens is 2. The van der Waals surface area contributed by atoms with Gasteiger partial charge in [-0.3, -0.25) is 4.79 Å². The van der Waals surface area contributed by atoms with Gasteiger partial charge in [-0.05, 0) is 38.5 Å². The topological polar surface area (TPSA) is 110 Å². The van der Waals surface area contributed by atoms with E-state index in [1.165, 1.54) is 16.7 Å². The van der Waals surface area contributed by atoms with Crippen LogP contribution in [0.25, 0.3) is 5.78 Å². The summed E-state index contributed by atoms with van der Waals surface area (Å²) in [7, 11) is -3.89. The van der Waals surface area contributed by atoms with Crippen LogP contribution in [-0.4, -0.2) is 71.1 Å². The van der Waals surface area contributed by atoms with Gasteiger partial charge >= 0.3 is 5.97 Å². The minimum Gasteiger partial charge on any atom is -0.466 e. The molecular weight excluding hydrogens is 487 g/mol. The summed E-state index contributed by atoms with van der Waals surface area (Å²) in [5.74, 6) is 0.231. The molecule has 182 valence electrons. The summed E-state index contributed by atoms with van der Waals surface area (Å²) < 4.78 is 47.6. The Morgan fingerprint density at radius 3 is 2.65 bits per heavy atom. The van der Waals surface area contributed by atoms with E-state index in [4.69, 9.17) is 16.3 Å². The molecule has 1 saturated heterocycles. The van der Waals surface area contributed by atoms with Crippen molar-refractivity contribution in [2.45, 2.75) is 31.6 Å². The van der Waals surface area contributed by atoms with Crippen molar-refractivity contribution in [3.8, 4) is 0 Å². The standard InChI is InChI=1S/C21H24ClFN6O4S/c1-3-33-19(30)7-5-16-14(2)26-21-24-13-25-29(21)20(16)27-8-10-28(11-9-27)34(31,32)18-6-4-15(23)12-17(18)22/h4,6,12-13H,3,5,7-11H2,1-2H3. The van der Waals surface area contributed by atoms with E-state index >= 15 is 0 Å². The number of hydrogen-bond acceptors (Lipinski definition) is 8. The van der Waals surface area contributed by atoms with Crippen molar-refractivity contribution in [2.75, 3.05) is 37.7 Å². The predicted octanol–water partition coefficient (Wildman–Crippen LogP) is 2.23. The molecular formula is C21H24ClFN6O4S. The number of sulfonamides is 1. The highest BCUT2D eigenvalue weighted by molar-refractivity contribution is 7.89. The fourth-order valence-electron chi connectivity index (χ4n) is 4.01. The Kier molecular flexibility index (Phi) is 7.01. The second-order valence-electron chi connectivity index (χ2n) is 7.74. The molecule has 1 aliphatic heterocycles. The normalized spacial score (nSPS) is 15.1. The average Bonchev–Trinajstić information content (AvgIpc) is 3.25. The third-order valence-corrected chi connectivity index (χ3v) is 8.02. The number of carbonyl (C=O) groups is 1. The van der Waals surface area contributed by atoms with Crippen LogP contribution in [-0.2, 0) is 26.0 Å². The first-order valence-electron chi connectivity index (χ1n) is 10.8.